The van der Waals surface area contributed by atoms with Gasteiger partial charge in [-0.25, -0.2) is 0 Å². The summed E-state index contributed by atoms with van der Waals surface area (Å²) >= 11 is 0. The molecule has 1 N–H and O–H groups in total. The molecule has 1 aromatic carbocycles. The molecule has 3 aliphatic rings. The maximum absolute atomic E-state index is 12.9. The van der Waals surface area contributed by atoms with Crippen LogP contribution in [0.15, 0.2) is 42.5 Å². The van der Waals surface area contributed by atoms with Crippen LogP contribution in [0.5, 0.6) is 0 Å². The van der Waals surface area contributed by atoms with E-state index in [0.29, 0.717) is 6.42 Å². The molecule has 2 bridgehead atoms. The van der Waals surface area contributed by atoms with Gasteiger partial charge < -0.3 is 5.11 Å². The van der Waals surface area contributed by atoms with Gasteiger partial charge in [-0.1, -0.05) is 42.5 Å². The lowest BCUT2D eigenvalue weighted by Gasteiger charge is -2.27. The molecule has 0 spiro atoms. The van der Waals surface area contributed by atoms with Crippen molar-refractivity contribution < 1.29 is 14.7 Å². The molecule has 4 rings (SSSR count). The van der Waals surface area contributed by atoms with Gasteiger partial charge in [0.05, 0.1) is 17.9 Å². The third kappa shape index (κ3) is 1.80. The van der Waals surface area contributed by atoms with E-state index < -0.39 is 0 Å². The number of benzene rings is 1. The van der Waals surface area contributed by atoms with E-state index >= 15 is 0 Å². The Bertz CT molecular complexity index is 609. The zero-order chi connectivity index (χ0) is 15.3. The van der Waals surface area contributed by atoms with Crippen LogP contribution in [0.4, 0.5) is 0 Å². The number of aliphatic hydroxyl groups is 1. The molecule has 1 aliphatic heterocycles. The molecule has 1 aromatic rings. The average molecular weight is 297 g/mol. The molecular weight excluding hydrogens is 278 g/mol. The molecule has 5 atom stereocenters. The summed E-state index contributed by atoms with van der Waals surface area (Å²) in [4.78, 5) is 27.2. The van der Waals surface area contributed by atoms with Crippen LogP contribution in [0.2, 0.25) is 0 Å². The van der Waals surface area contributed by atoms with Crippen molar-refractivity contribution in [1.29, 1.82) is 0 Å². The second-order valence-electron chi connectivity index (χ2n) is 6.49. The molecular formula is C18H19NO3. The number of hydrogen-bond acceptors (Lipinski definition) is 3. The molecule has 1 heterocycles. The summed E-state index contributed by atoms with van der Waals surface area (Å²) in [6.07, 6.45) is 5.54. The number of amides is 2. The first kappa shape index (κ1) is 13.7. The van der Waals surface area contributed by atoms with Gasteiger partial charge in [0.15, 0.2) is 0 Å². The molecule has 1 saturated carbocycles. The quantitative estimate of drug-likeness (QED) is 0.682. The van der Waals surface area contributed by atoms with E-state index in [9.17, 15) is 14.7 Å². The van der Waals surface area contributed by atoms with E-state index in [1.165, 1.54) is 4.90 Å². The lowest BCUT2D eigenvalue weighted by molar-refractivity contribution is -0.144. The first-order chi connectivity index (χ1) is 10.7. The maximum Gasteiger partial charge on any atom is 0.234 e. The van der Waals surface area contributed by atoms with Crippen LogP contribution in [0.3, 0.4) is 0 Å². The third-order valence-corrected chi connectivity index (χ3v) is 5.40. The fraction of sp³-hybridized carbons (Fsp3) is 0.444. The Labute approximate surface area is 129 Å². The molecule has 2 amide bonds. The highest BCUT2D eigenvalue weighted by Gasteiger charge is 2.60. The zero-order valence-corrected chi connectivity index (χ0v) is 12.3. The number of nitrogens with zero attached hydrogens (tertiary/aromatic N) is 1. The molecule has 0 aromatic heterocycles. The van der Waals surface area contributed by atoms with Crippen molar-refractivity contribution in [2.75, 3.05) is 6.61 Å². The van der Waals surface area contributed by atoms with Crippen LogP contribution in [-0.2, 0) is 9.59 Å². The van der Waals surface area contributed by atoms with Crippen LogP contribution in [0.1, 0.15) is 24.4 Å². The third-order valence-electron chi connectivity index (χ3n) is 5.40. The smallest absolute Gasteiger partial charge is 0.234 e. The predicted molar refractivity (Wildman–Crippen MR) is 80.5 cm³/mol. The fourth-order valence-corrected chi connectivity index (χ4v) is 4.47. The maximum atomic E-state index is 12.9. The molecule has 2 aliphatic carbocycles. The van der Waals surface area contributed by atoms with Gasteiger partial charge >= 0.3 is 0 Å². The Morgan fingerprint density at radius 1 is 1.05 bits per heavy atom. The van der Waals surface area contributed by atoms with Crippen LogP contribution in [0.25, 0.3) is 0 Å². The van der Waals surface area contributed by atoms with E-state index in [-0.39, 0.29) is 48.1 Å². The molecule has 4 heteroatoms. The molecule has 2 fully saturated rings. The highest BCUT2D eigenvalue weighted by Crippen LogP contribution is 2.54. The summed E-state index contributed by atoms with van der Waals surface area (Å²) in [7, 11) is 0. The topological polar surface area (TPSA) is 57.6 Å². The second kappa shape index (κ2) is 5.06. The number of fused-ring (bicyclic) bond motifs is 5. The van der Waals surface area contributed by atoms with Gasteiger partial charge in [0.2, 0.25) is 11.8 Å². The minimum atomic E-state index is -0.351. The Kier molecular flexibility index (Phi) is 3.15. The van der Waals surface area contributed by atoms with Gasteiger partial charge in [-0.3, -0.25) is 14.5 Å². The standard InChI is InChI=1S/C18H19NO3/c20-9-8-14(11-4-2-1-3-5-11)19-17(21)15-12-6-7-13(10-12)16(15)18(19)22/h1-7,12-16,20H,8-10H2. The Morgan fingerprint density at radius 3 is 2.18 bits per heavy atom. The van der Waals surface area contributed by atoms with Gasteiger partial charge in [-0.2, -0.15) is 0 Å². The first-order valence-electron chi connectivity index (χ1n) is 7.93. The predicted octanol–water partition coefficient (Wildman–Crippen LogP) is 1.92. The summed E-state index contributed by atoms with van der Waals surface area (Å²) in [6.45, 7) is -0.0446. The highest BCUT2D eigenvalue weighted by molar-refractivity contribution is 6.06. The summed E-state index contributed by atoms with van der Waals surface area (Å²) in [5.74, 6) is 0.00659. The molecule has 5 unspecified atom stereocenters. The van der Waals surface area contributed by atoms with Crippen molar-refractivity contribution in [1.82, 2.24) is 4.90 Å². The van der Waals surface area contributed by atoms with Crippen LogP contribution >= 0.6 is 0 Å². The minimum Gasteiger partial charge on any atom is -0.396 e. The lowest BCUT2D eigenvalue weighted by atomic mass is 9.85. The largest absolute Gasteiger partial charge is 0.396 e. The van der Waals surface area contributed by atoms with Gasteiger partial charge in [0.1, 0.15) is 0 Å². The number of carbonyl (C=O) groups is 2. The summed E-state index contributed by atoms with van der Waals surface area (Å²) in [5.41, 5.74) is 0.915. The van der Waals surface area contributed by atoms with Gasteiger partial charge in [0, 0.05) is 6.61 Å². The number of rotatable bonds is 4. The summed E-state index contributed by atoms with van der Waals surface area (Å²) in [5, 5.41) is 9.39. The monoisotopic (exact) mass is 297 g/mol. The molecule has 0 radical (unpaired) electrons. The van der Waals surface area contributed by atoms with Crippen molar-refractivity contribution in [3.05, 3.63) is 48.0 Å². The van der Waals surface area contributed by atoms with E-state index in [1.54, 1.807) is 0 Å². The molecule has 4 nitrogen and oxygen atoms in total. The highest BCUT2D eigenvalue weighted by atomic mass is 16.3. The number of likely N-dealkylation sites (tertiary alicyclic amines) is 1. The Balaban J connectivity index is 1.69. The zero-order valence-electron chi connectivity index (χ0n) is 12.3. The SMILES string of the molecule is O=C1C2C3C=CC(C3)C2C(=O)N1C(CCO)c1ccccc1. The van der Waals surface area contributed by atoms with Crippen LogP contribution < -0.4 is 0 Å². The number of carbonyl (C=O) groups excluding carboxylic acids is 2. The number of hydrogen-bond donors (Lipinski definition) is 1. The van der Waals surface area contributed by atoms with Crippen molar-refractivity contribution in [3.63, 3.8) is 0 Å². The molecule has 22 heavy (non-hydrogen) atoms. The number of imide groups is 1. The number of allylic oxidation sites excluding steroid dienone is 2. The summed E-state index contributed by atoms with van der Waals surface area (Å²) in [6, 6.07) is 9.19. The molecule has 1 saturated heterocycles. The Morgan fingerprint density at radius 2 is 1.64 bits per heavy atom. The van der Waals surface area contributed by atoms with Crippen LogP contribution in [-0.4, -0.2) is 28.4 Å². The fourth-order valence-electron chi connectivity index (χ4n) is 4.47. The van der Waals surface area contributed by atoms with Crippen molar-refractivity contribution >= 4 is 11.8 Å². The van der Waals surface area contributed by atoms with E-state index in [2.05, 4.69) is 12.2 Å². The molecule has 114 valence electrons. The first-order valence-corrected chi connectivity index (χ1v) is 7.93. The van der Waals surface area contributed by atoms with Crippen molar-refractivity contribution in [2.45, 2.75) is 18.9 Å². The van der Waals surface area contributed by atoms with Crippen molar-refractivity contribution in [3.8, 4) is 0 Å². The summed E-state index contributed by atoms with van der Waals surface area (Å²) < 4.78 is 0. The average Bonchev–Trinajstić information content (AvgIpc) is 3.21. The van der Waals surface area contributed by atoms with E-state index in [4.69, 9.17) is 0 Å². The lowest BCUT2D eigenvalue weighted by Crippen LogP contribution is -2.37. The second-order valence-corrected chi connectivity index (χ2v) is 6.49. The Hall–Kier alpha value is -1.94. The van der Waals surface area contributed by atoms with Crippen LogP contribution in [0, 0.1) is 23.7 Å². The number of aliphatic hydroxyl groups excluding tert-OH is 1. The van der Waals surface area contributed by atoms with Gasteiger partial charge in [0.25, 0.3) is 0 Å². The van der Waals surface area contributed by atoms with Crippen molar-refractivity contribution in [2.24, 2.45) is 23.7 Å². The van der Waals surface area contributed by atoms with E-state index in [0.717, 1.165) is 12.0 Å². The van der Waals surface area contributed by atoms with Gasteiger partial charge in [-0.15, -0.1) is 0 Å². The van der Waals surface area contributed by atoms with E-state index in [1.807, 2.05) is 30.3 Å². The minimum absolute atomic E-state index is 0.0446. The van der Waals surface area contributed by atoms with Gasteiger partial charge in [-0.05, 0) is 30.2 Å². The normalized spacial score (nSPS) is 33.6.